The minimum absolute atomic E-state index is 0.0508. The van der Waals surface area contributed by atoms with Gasteiger partial charge in [0.2, 0.25) is 0 Å². The fraction of sp³-hybridized carbons (Fsp3) is 0.625. The van der Waals surface area contributed by atoms with E-state index in [1.165, 1.54) is 39.0 Å². The molecule has 0 bridgehead atoms. The second kappa shape index (κ2) is 36.9. The zero-order valence-corrected chi connectivity index (χ0v) is 45.3. The minimum Gasteiger partial charge on any atom is -0.464 e. The van der Waals surface area contributed by atoms with Crippen molar-refractivity contribution in [2.45, 2.75) is 151 Å². The molecule has 0 aromatic rings. The van der Waals surface area contributed by atoms with Gasteiger partial charge in [-0.1, -0.05) is 0 Å². The van der Waals surface area contributed by atoms with Gasteiger partial charge in [0.05, 0.1) is 39.6 Å². The van der Waals surface area contributed by atoms with Crippen LogP contribution in [-0.2, 0) is 114 Å². The van der Waals surface area contributed by atoms with Crippen molar-refractivity contribution in [3.63, 3.8) is 0 Å². The lowest BCUT2D eigenvalue weighted by Crippen LogP contribution is -2.43. The van der Waals surface area contributed by atoms with Crippen LogP contribution in [0.1, 0.15) is 41.5 Å². The van der Waals surface area contributed by atoms with E-state index in [-0.39, 0.29) is 39.6 Å². The number of cyclic esters (lactones) is 6. The van der Waals surface area contributed by atoms with Crippen LogP contribution in [-0.4, -0.2) is 282 Å². The molecular weight excluding hydrogens is 1150 g/mol. The van der Waals surface area contributed by atoms with Gasteiger partial charge in [-0.25, -0.2) is 57.5 Å². The zero-order valence-electron chi connectivity index (χ0n) is 45.3. The van der Waals surface area contributed by atoms with Crippen LogP contribution in [0.5, 0.6) is 0 Å². The molecule has 12 N–H and O–H groups in total. The Labute approximate surface area is 474 Å². The van der Waals surface area contributed by atoms with Crippen LogP contribution in [0, 0.1) is 0 Å². The van der Waals surface area contributed by atoms with Crippen LogP contribution in [0.15, 0.2) is 36.5 Å². The summed E-state index contributed by atoms with van der Waals surface area (Å²) in [4.78, 5) is 130. The van der Waals surface area contributed by atoms with Crippen molar-refractivity contribution in [2.75, 3.05) is 39.6 Å². The molecule has 0 spiro atoms. The average molecular weight is 1220 g/mol. The summed E-state index contributed by atoms with van der Waals surface area (Å²) in [6.45, 7) is 10.2. The van der Waals surface area contributed by atoms with Gasteiger partial charge < -0.3 is 118 Å². The molecule has 0 saturated carbocycles. The van der Waals surface area contributed by atoms with Crippen molar-refractivity contribution < 1.29 is 176 Å². The first kappa shape index (κ1) is 74.4. The normalized spacial score (nSPS) is 27.8. The molecule has 6 aliphatic rings. The molecule has 0 radical (unpaired) electrons. The molecule has 36 heteroatoms. The molecule has 6 rings (SSSR count). The molecule has 6 aliphatic heterocycles. The van der Waals surface area contributed by atoms with E-state index in [1.54, 1.807) is 20.8 Å². The number of ether oxygens (including phenoxy) is 12. The Bertz CT molecular complexity index is 2100. The molecule has 3 unspecified atom stereocenters. The average Bonchev–Trinajstić information content (AvgIpc) is 4.55. The lowest BCUT2D eigenvalue weighted by Gasteiger charge is -2.18. The van der Waals surface area contributed by atoms with Crippen molar-refractivity contribution >= 4 is 71.6 Å². The molecule has 3 fully saturated rings. The van der Waals surface area contributed by atoms with E-state index in [1.807, 2.05) is 0 Å². The van der Waals surface area contributed by atoms with Gasteiger partial charge in [0.15, 0.2) is 91.6 Å². The molecule has 6 heterocycles. The van der Waals surface area contributed by atoms with Crippen molar-refractivity contribution in [1.29, 1.82) is 0 Å². The molecule has 84 heavy (non-hydrogen) atoms. The Balaban J connectivity index is 0.000000505. The van der Waals surface area contributed by atoms with Crippen molar-refractivity contribution in [3.05, 3.63) is 36.5 Å². The molecule has 36 nitrogen and oxygen atoms in total. The first-order chi connectivity index (χ1) is 39.4. The van der Waals surface area contributed by atoms with E-state index in [0.717, 1.165) is 18.2 Å². The van der Waals surface area contributed by atoms with Crippen molar-refractivity contribution in [3.8, 4) is 0 Å². The smallest absolute Gasteiger partial charge is 0.339 e. The Morgan fingerprint density at radius 2 is 0.524 bits per heavy atom. The number of aliphatic hydroxyl groups excluding tert-OH is 12. The number of esters is 12. The summed E-state index contributed by atoms with van der Waals surface area (Å²) in [5.74, 6) is -10.3. The predicted octanol–water partition coefficient (Wildman–Crippen LogP) is -9.15. The van der Waals surface area contributed by atoms with E-state index in [4.69, 9.17) is 15.3 Å². The van der Waals surface area contributed by atoms with E-state index in [0.29, 0.717) is 0 Å². The maximum absolute atomic E-state index is 11.0. The molecular formula is C48H66O36. The highest BCUT2D eigenvalue weighted by atomic mass is 16.6. The lowest BCUT2D eigenvalue weighted by molar-refractivity contribution is -0.167. The van der Waals surface area contributed by atoms with Crippen LogP contribution in [0.3, 0.4) is 0 Å². The van der Waals surface area contributed by atoms with Gasteiger partial charge in [-0.05, 0) is 59.8 Å². The highest BCUT2D eigenvalue weighted by Gasteiger charge is 2.51. The summed E-state index contributed by atoms with van der Waals surface area (Å²) in [6.07, 6.45) is -19.5. The number of carbonyl (C=O) groups is 12. The van der Waals surface area contributed by atoms with E-state index in [9.17, 15) is 103 Å². The van der Waals surface area contributed by atoms with Gasteiger partial charge in [0, 0.05) is 18.2 Å². The number of hydrogen-bond acceptors (Lipinski definition) is 36. The second-order valence-corrected chi connectivity index (χ2v) is 16.5. The maximum Gasteiger partial charge on any atom is 0.339 e. The maximum atomic E-state index is 11.0. The van der Waals surface area contributed by atoms with Crippen molar-refractivity contribution in [1.82, 2.24) is 0 Å². The summed E-state index contributed by atoms with van der Waals surface area (Å²) < 4.78 is 54.0. The van der Waals surface area contributed by atoms with Gasteiger partial charge in [0.1, 0.15) is 18.3 Å². The third-order valence-electron chi connectivity index (χ3n) is 10.5. The molecule has 474 valence electrons. The fourth-order valence-electron chi connectivity index (χ4n) is 6.37. The highest BCUT2D eigenvalue weighted by Crippen LogP contribution is 2.22. The summed E-state index contributed by atoms with van der Waals surface area (Å²) in [5.41, 5.74) is 0. The van der Waals surface area contributed by atoms with E-state index < -0.39 is 182 Å². The van der Waals surface area contributed by atoms with E-state index in [2.05, 4.69) is 56.8 Å². The third kappa shape index (κ3) is 22.5. The first-order valence-electron chi connectivity index (χ1n) is 24.9. The monoisotopic (exact) mass is 1220 g/mol. The number of rotatable bonds is 18. The van der Waals surface area contributed by atoms with Crippen molar-refractivity contribution in [2.24, 2.45) is 0 Å². The second-order valence-electron chi connectivity index (χ2n) is 16.5. The summed E-state index contributed by atoms with van der Waals surface area (Å²) in [6, 6.07) is 0. The lowest BCUT2D eigenvalue weighted by atomic mass is 10.1. The first-order valence-corrected chi connectivity index (χ1v) is 24.9. The minimum atomic E-state index is -1.79. The van der Waals surface area contributed by atoms with Crippen LogP contribution in [0.4, 0.5) is 0 Å². The molecule has 0 aromatic carbocycles. The Hall–Kier alpha value is -7.62. The highest BCUT2D eigenvalue weighted by molar-refractivity contribution is 5.88. The van der Waals surface area contributed by atoms with Gasteiger partial charge in [-0.3, -0.25) is 0 Å². The Morgan fingerprint density at radius 1 is 0.345 bits per heavy atom. The van der Waals surface area contributed by atoms with Crippen LogP contribution < -0.4 is 0 Å². The standard InChI is InChI=1S/3C8H12O7.3C8H10O5/c3*1-2-14-7(12)5(11)6-3(9)4(10)8(13)15-6;3*1-2-12-8(11)7(10)5-3-4-6(9)13-5/h3*3-6,9-11H,2H2,1H3;3*3-5,7,10H,2H2,1H3/t3*3-,4+,5+,6+;3*5?,7-/m111000/s1. The molecule has 18 atom stereocenters. The van der Waals surface area contributed by atoms with Crippen LogP contribution in [0.2, 0.25) is 0 Å². The van der Waals surface area contributed by atoms with E-state index >= 15 is 0 Å². The largest absolute Gasteiger partial charge is 0.464 e. The van der Waals surface area contributed by atoms with Gasteiger partial charge >= 0.3 is 71.6 Å². The van der Waals surface area contributed by atoms with Crippen LogP contribution in [0.25, 0.3) is 0 Å². The zero-order chi connectivity index (χ0) is 64.3. The third-order valence-corrected chi connectivity index (χ3v) is 10.5. The van der Waals surface area contributed by atoms with Gasteiger partial charge in [-0.15, -0.1) is 0 Å². The number of aliphatic hydroxyl groups is 12. The summed E-state index contributed by atoms with van der Waals surface area (Å²) >= 11 is 0. The Kier molecular flexibility index (Phi) is 32.6. The Morgan fingerprint density at radius 3 is 0.655 bits per heavy atom. The summed E-state index contributed by atoms with van der Waals surface area (Å²) in [7, 11) is 0. The predicted molar refractivity (Wildman–Crippen MR) is 259 cm³/mol. The number of hydrogen-bond donors (Lipinski definition) is 12. The van der Waals surface area contributed by atoms with Gasteiger partial charge in [-0.2, -0.15) is 0 Å². The quantitative estimate of drug-likeness (QED) is 0.0448. The molecule has 3 saturated heterocycles. The molecule has 0 aliphatic carbocycles. The van der Waals surface area contributed by atoms with Gasteiger partial charge in [0.25, 0.3) is 0 Å². The fourth-order valence-corrected chi connectivity index (χ4v) is 6.37. The molecule has 0 amide bonds. The van der Waals surface area contributed by atoms with Crippen LogP contribution >= 0.6 is 0 Å². The summed E-state index contributed by atoms with van der Waals surface area (Å²) in [5, 5.41) is 111. The SMILES string of the molecule is CCOC(=O)[C@@H](O)C1C=CC(=O)O1.CCOC(=O)[C@@H](O)C1C=CC(=O)O1.CCOC(=O)[C@@H](O)C1C=CC(=O)O1.CCOC(=O)[C@@H](O)[C@H]1OC(=O)[C@@H](O)[C@H]1O.CCOC(=O)[C@@H](O)[C@H]1OC(=O)[C@@H](O)[C@H]1O.CCOC(=O)[C@@H](O)[C@H]1OC(=O)[C@@H](O)[C@H]1O. The molecule has 0 aromatic heterocycles. The topological polar surface area (TPSA) is 558 Å². The number of carbonyl (C=O) groups excluding carboxylic acids is 12.